The van der Waals surface area contributed by atoms with Gasteiger partial charge in [-0.2, -0.15) is 0 Å². The van der Waals surface area contributed by atoms with Crippen LogP contribution in [0, 0.1) is 5.92 Å². The van der Waals surface area contributed by atoms with Crippen LogP contribution in [0.15, 0.2) is 54.6 Å². The summed E-state index contributed by atoms with van der Waals surface area (Å²) in [5.41, 5.74) is 2.02. The van der Waals surface area contributed by atoms with Gasteiger partial charge in [-0.15, -0.1) is 0 Å². The summed E-state index contributed by atoms with van der Waals surface area (Å²) in [5, 5.41) is 7.86. The van der Waals surface area contributed by atoms with E-state index in [1.807, 2.05) is 44.2 Å². The summed E-state index contributed by atoms with van der Waals surface area (Å²) in [6.07, 6.45) is -0.685. The quantitative estimate of drug-likeness (QED) is 0.548. The highest BCUT2D eigenvalue weighted by atomic mass is 16.5. The van der Waals surface area contributed by atoms with Crippen LogP contribution in [0.2, 0.25) is 0 Å². The first-order chi connectivity index (χ1) is 15.3. The van der Waals surface area contributed by atoms with Crippen molar-refractivity contribution in [1.29, 1.82) is 0 Å². The second-order valence-corrected chi connectivity index (χ2v) is 7.76. The number of rotatable bonds is 8. The Kier molecular flexibility index (Phi) is 7.43. The molecule has 0 radical (unpaired) electrons. The number of hydrogen-bond donors (Lipinski definition) is 3. The molecule has 9 nitrogen and oxygen atoms in total. The zero-order valence-corrected chi connectivity index (χ0v) is 18.0. The van der Waals surface area contributed by atoms with E-state index in [1.54, 1.807) is 24.3 Å². The average molecular weight is 438 g/mol. The number of hydrogen-bond acceptors (Lipinski definition) is 5. The molecule has 0 aliphatic carbocycles. The molecule has 0 spiro atoms. The van der Waals surface area contributed by atoms with Gasteiger partial charge in [0.05, 0.1) is 13.1 Å². The zero-order chi connectivity index (χ0) is 23.1. The number of carbonyl (C=O) groups excluding carboxylic acids is 4. The SMILES string of the molecule is CC(C)[C@H](NC(=O)OCc1ccccc1)C(=O)Nc1cccc(CN2C(=O)CNC2=O)c1. The summed E-state index contributed by atoms with van der Waals surface area (Å²) < 4.78 is 5.22. The van der Waals surface area contributed by atoms with Crippen LogP contribution >= 0.6 is 0 Å². The van der Waals surface area contributed by atoms with Crippen LogP contribution in [-0.2, 0) is 27.5 Å². The number of imide groups is 1. The van der Waals surface area contributed by atoms with Gasteiger partial charge in [-0.1, -0.05) is 56.3 Å². The van der Waals surface area contributed by atoms with Crippen molar-refractivity contribution >= 4 is 29.6 Å². The number of amides is 5. The van der Waals surface area contributed by atoms with Crippen LogP contribution in [0.1, 0.15) is 25.0 Å². The van der Waals surface area contributed by atoms with E-state index in [0.717, 1.165) is 10.5 Å². The maximum Gasteiger partial charge on any atom is 0.408 e. The van der Waals surface area contributed by atoms with Crippen LogP contribution in [0.3, 0.4) is 0 Å². The standard InChI is InChI=1S/C23H26N4O5/c1-15(2)20(26-23(31)32-14-16-7-4-3-5-8-16)21(29)25-18-10-6-9-17(11-18)13-27-19(28)12-24-22(27)30/h3-11,15,20H,12-14H2,1-2H3,(H,24,30)(H,25,29)(H,26,31)/t20-/m0/s1. The molecule has 1 heterocycles. The molecule has 0 unspecified atom stereocenters. The molecule has 3 rings (SSSR count). The van der Waals surface area contributed by atoms with E-state index < -0.39 is 24.1 Å². The number of alkyl carbamates (subject to hydrolysis) is 1. The molecule has 168 valence electrons. The highest BCUT2D eigenvalue weighted by Gasteiger charge is 2.28. The van der Waals surface area contributed by atoms with Gasteiger partial charge >= 0.3 is 12.1 Å². The molecule has 1 saturated heterocycles. The molecule has 2 aromatic carbocycles. The Morgan fingerprint density at radius 2 is 1.78 bits per heavy atom. The fraction of sp³-hybridized carbons (Fsp3) is 0.304. The van der Waals surface area contributed by atoms with Gasteiger partial charge in [0, 0.05) is 5.69 Å². The van der Waals surface area contributed by atoms with Crippen molar-refractivity contribution in [2.24, 2.45) is 5.92 Å². The van der Waals surface area contributed by atoms with E-state index in [2.05, 4.69) is 16.0 Å². The van der Waals surface area contributed by atoms with Crippen molar-refractivity contribution in [1.82, 2.24) is 15.5 Å². The minimum absolute atomic E-state index is 0.0165. The monoisotopic (exact) mass is 438 g/mol. The van der Waals surface area contributed by atoms with Gasteiger partial charge in [-0.25, -0.2) is 9.59 Å². The first-order valence-corrected chi connectivity index (χ1v) is 10.3. The Hall–Kier alpha value is -3.88. The topological polar surface area (TPSA) is 117 Å². The molecule has 5 amide bonds. The van der Waals surface area contributed by atoms with Gasteiger partial charge in [0.25, 0.3) is 0 Å². The normalized spacial score (nSPS) is 14.2. The molecule has 32 heavy (non-hydrogen) atoms. The number of nitrogens with one attached hydrogen (secondary N) is 3. The Morgan fingerprint density at radius 3 is 2.44 bits per heavy atom. The number of ether oxygens (including phenoxy) is 1. The predicted molar refractivity (Wildman–Crippen MR) is 117 cm³/mol. The Labute approximate surface area is 186 Å². The molecule has 1 atom stereocenters. The van der Waals surface area contributed by atoms with E-state index in [4.69, 9.17) is 4.74 Å². The highest BCUT2D eigenvalue weighted by molar-refractivity contribution is 6.02. The Balaban J connectivity index is 1.58. The lowest BCUT2D eigenvalue weighted by atomic mass is 10.0. The van der Waals surface area contributed by atoms with Gasteiger partial charge in [0.2, 0.25) is 11.8 Å². The van der Waals surface area contributed by atoms with Gasteiger partial charge in [-0.3, -0.25) is 14.5 Å². The largest absolute Gasteiger partial charge is 0.445 e. The summed E-state index contributed by atoms with van der Waals surface area (Å²) in [5.74, 6) is -0.889. The summed E-state index contributed by atoms with van der Waals surface area (Å²) in [6, 6.07) is 14.8. The van der Waals surface area contributed by atoms with E-state index in [-0.39, 0.29) is 31.5 Å². The maximum atomic E-state index is 12.8. The van der Waals surface area contributed by atoms with Crippen molar-refractivity contribution in [3.05, 3.63) is 65.7 Å². The lowest BCUT2D eigenvalue weighted by Crippen LogP contribution is -2.47. The van der Waals surface area contributed by atoms with Gasteiger partial charge in [0.15, 0.2) is 0 Å². The Bertz CT molecular complexity index is 977. The number of anilines is 1. The molecule has 0 aromatic heterocycles. The predicted octanol–water partition coefficient (Wildman–Crippen LogP) is 2.63. The minimum Gasteiger partial charge on any atom is -0.445 e. The summed E-state index contributed by atoms with van der Waals surface area (Å²) in [7, 11) is 0. The van der Waals surface area contributed by atoms with Crippen molar-refractivity contribution < 1.29 is 23.9 Å². The molecule has 9 heteroatoms. The number of urea groups is 1. The number of carbonyl (C=O) groups is 4. The molecule has 1 aliphatic heterocycles. The summed E-state index contributed by atoms with van der Waals surface area (Å²) in [6.45, 7) is 3.82. The summed E-state index contributed by atoms with van der Waals surface area (Å²) in [4.78, 5) is 49.7. The fourth-order valence-electron chi connectivity index (χ4n) is 3.19. The number of benzene rings is 2. The van der Waals surface area contributed by atoms with Crippen molar-refractivity contribution in [2.45, 2.75) is 33.0 Å². The molecule has 1 aliphatic rings. The van der Waals surface area contributed by atoms with Crippen molar-refractivity contribution in [2.75, 3.05) is 11.9 Å². The minimum atomic E-state index is -0.812. The van der Waals surface area contributed by atoms with E-state index in [0.29, 0.717) is 11.3 Å². The number of nitrogens with zero attached hydrogens (tertiary/aromatic N) is 1. The Morgan fingerprint density at radius 1 is 1.06 bits per heavy atom. The van der Waals surface area contributed by atoms with Crippen molar-refractivity contribution in [3.63, 3.8) is 0 Å². The third-order valence-corrected chi connectivity index (χ3v) is 4.91. The van der Waals surface area contributed by atoms with Gasteiger partial charge < -0.3 is 20.7 Å². The molecule has 0 bridgehead atoms. The molecule has 0 saturated carbocycles. The molecule has 2 aromatic rings. The summed E-state index contributed by atoms with van der Waals surface area (Å²) >= 11 is 0. The van der Waals surface area contributed by atoms with Crippen LogP contribution in [0.4, 0.5) is 15.3 Å². The molecule has 3 N–H and O–H groups in total. The highest BCUT2D eigenvalue weighted by Crippen LogP contribution is 2.16. The first-order valence-electron chi connectivity index (χ1n) is 10.3. The molecule has 1 fully saturated rings. The fourth-order valence-corrected chi connectivity index (χ4v) is 3.19. The van der Waals surface area contributed by atoms with Crippen LogP contribution in [0.25, 0.3) is 0 Å². The van der Waals surface area contributed by atoms with Crippen LogP contribution in [0.5, 0.6) is 0 Å². The van der Waals surface area contributed by atoms with Gasteiger partial charge in [0.1, 0.15) is 12.6 Å². The zero-order valence-electron chi connectivity index (χ0n) is 18.0. The average Bonchev–Trinajstić information content (AvgIpc) is 3.09. The smallest absolute Gasteiger partial charge is 0.408 e. The molecular formula is C23H26N4O5. The third kappa shape index (κ3) is 6.07. The third-order valence-electron chi connectivity index (χ3n) is 4.91. The van der Waals surface area contributed by atoms with Gasteiger partial charge in [-0.05, 0) is 29.2 Å². The second-order valence-electron chi connectivity index (χ2n) is 7.76. The maximum absolute atomic E-state index is 12.8. The lowest BCUT2D eigenvalue weighted by molar-refractivity contribution is -0.125. The molecular weight excluding hydrogens is 412 g/mol. The van der Waals surface area contributed by atoms with Crippen LogP contribution in [-0.4, -0.2) is 41.4 Å². The lowest BCUT2D eigenvalue weighted by Gasteiger charge is -2.22. The van der Waals surface area contributed by atoms with E-state index in [9.17, 15) is 19.2 Å². The first kappa shape index (κ1) is 22.8. The van der Waals surface area contributed by atoms with E-state index >= 15 is 0 Å². The van der Waals surface area contributed by atoms with Crippen molar-refractivity contribution in [3.8, 4) is 0 Å². The van der Waals surface area contributed by atoms with E-state index in [1.165, 1.54) is 0 Å². The second kappa shape index (κ2) is 10.4. The van der Waals surface area contributed by atoms with Crippen LogP contribution < -0.4 is 16.0 Å².